The molecule has 0 saturated carbocycles. The molecule has 218 valence electrons. The molecule has 5 rings (SSSR count). The summed E-state index contributed by atoms with van der Waals surface area (Å²) in [6.07, 6.45) is 1.96. The van der Waals surface area contributed by atoms with Crippen molar-refractivity contribution >= 4 is 5.69 Å². The Kier molecular flexibility index (Phi) is 8.43. The maximum absolute atomic E-state index is 16.3. The molecule has 0 amide bonds. The first-order valence-corrected chi connectivity index (χ1v) is 13.6. The summed E-state index contributed by atoms with van der Waals surface area (Å²) in [7, 11) is 3.87. The van der Waals surface area contributed by atoms with E-state index in [4.69, 9.17) is 9.26 Å². The summed E-state index contributed by atoms with van der Waals surface area (Å²) >= 11 is 0. The van der Waals surface area contributed by atoms with Gasteiger partial charge in [-0.3, -0.25) is 4.98 Å². The van der Waals surface area contributed by atoms with Crippen LogP contribution in [0.4, 0.5) is 10.1 Å². The van der Waals surface area contributed by atoms with Crippen molar-refractivity contribution in [3.63, 3.8) is 0 Å². The van der Waals surface area contributed by atoms with Crippen LogP contribution in [0.2, 0.25) is 0 Å². The summed E-state index contributed by atoms with van der Waals surface area (Å²) in [5, 5.41) is 11.8. The highest BCUT2D eigenvalue weighted by Gasteiger charge is 2.27. The van der Waals surface area contributed by atoms with Crippen molar-refractivity contribution in [2.75, 3.05) is 26.0 Å². The summed E-state index contributed by atoms with van der Waals surface area (Å²) in [4.78, 5) is 26.3. The summed E-state index contributed by atoms with van der Waals surface area (Å²) < 4.78 is 28.6. The molecule has 3 heterocycles. The minimum absolute atomic E-state index is 0.139. The Morgan fingerprint density at radius 3 is 2.60 bits per heavy atom. The molecule has 0 saturated heterocycles. The molecule has 0 fully saturated rings. The molecule has 2 N–H and O–H groups in total. The van der Waals surface area contributed by atoms with Gasteiger partial charge in [-0.2, -0.15) is 9.67 Å². The van der Waals surface area contributed by atoms with Gasteiger partial charge in [0, 0.05) is 36.5 Å². The Hall–Kier alpha value is -4.84. The monoisotopic (exact) mass is 572 g/mol. The van der Waals surface area contributed by atoms with Crippen molar-refractivity contribution in [1.29, 1.82) is 0 Å². The third kappa shape index (κ3) is 6.39. The highest BCUT2D eigenvalue weighted by molar-refractivity contribution is 5.60. The van der Waals surface area contributed by atoms with Gasteiger partial charge in [0.15, 0.2) is 23.2 Å². The normalized spacial score (nSPS) is 12.8. The van der Waals surface area contributed by atoms with Gasteiger partial charge < -0.3 is 19.5 Å². The van der Waals surface area contributed by atoms with Crippen LogP contribution in [0.15, 0.2) is 70.1 Å². The van der Waals surface area contributed by atoms with Crippen molar-refractivity contribution in [3.05, 3.63) is 99.9 Å². The van der Waals surface area contributed by atoms with E-state index in [0.717, 1.165) is 15.8 Å². The van der Waals surface area contributed by atoms with E-state index in [0.29, 0.717) is 36.2 Å². The van der Waals surface area contributed by atoms with E-state index >= 15 is 4.39 Å². The molecule has 0 aliphatic carbocycles. The quantitative estimate of drug-likeness (QED) is 0.234. The molecular formula is C30H33FN8O3. The van der Waals surface area contributed by atoms with E-state index in [9.17, 15) is 4.79 Å². The zero-order valence-corrected chi connectivity index (χ0v) is 24.1. The molecule has 0 aliphatic heterocycles. The molecule has 2 aromatic carbocycles. The lowest BCUT2D eigenvalue weighted by Crippen LogP contribution is -2.28. The summed E-state index contributed by atoms with van der Waals surface area (Å²) in [6, 6.07) is 15.1. The molecule has 42 heavy (non-hydrogen) atoms. The number of anilines is 1. The molecule has 11 nitrogen and oxygen atoms in total. The third-order valence-electron chi connectivity index (χ3n) is 6.55. The number of H-pyrrole nitrogens is 1. The second-order valence-corrected chi connectivity index (χ2v) is 10.2. The smallest absolute Gasteiger partial charge is 0.349 e. The van der Waals surface area contributed by atoms with Gasteiger partial charge >= 0.3 is 5.69 Å². The number of likely N-dealkylation sites (N-methyl/N-ethyl adjacent to an activating group) is 1. The van der Waals surface area contributed by atoms with Crippen LogP contribution in [0.5, 0.6) is 5.75 Å². The van der Waals surface area contributed by atoms with E-state index in [1.54, 1.807) is 43.5 Å². The van der Waals surface area contributed by atoms with Gasteiger partial charge in [-0.1, -0.05) is 24.2 Å². The largest absolute Gasteiger partial charge is 0.486 e. The Labute approximate surface area is 242 Å². The number of nitrogens with one attached hydrogen (secondary N) is 2. The van der Waals surface area contributed by atoms with Crippen molar-refractivity contribution in [1.82, 2.24) is 34.8 Å². The second-order valence-electron chi connectivity index (χ2n) is 10.2. The second kappa shape index (κ2) is 12.4. The van der Waals surface area contributed by atoms with Crippen molar-refractivity contribution in [3.8, 4) is 23.0 Å². The van der Waals surface area contributed by atoms with Crippen LogP contribution in [0.25, 0.3) is 17.2 Å². The van der Waals surface area contributed by atoms with Gasteiger partial charge in [-0.25, -0.2) is 14.2 Å². The van der Waals surface area contributed by atoms with Crippen LogP contribution in [-0.2, 0) is 6.42 Å². The number of halogens is 1. The number of pyridine rings is 1. The SMILES string of the molecule is CCc1cc(OC(C)CN(C)C)c(F)c(C(Nc2ccc(-c3noc(C)n3)cc2)c2nn(-c3ccccn3)c(=O)[nH]2)c1. The van der Waals surface area contributed by atoms with Crippen LogP contribution in [0.1, 0.15) is 42.7 Å². The maximum atomic E-state index is 16.3. The van der Waals surface area contributed by atoms with Crippen molar-refractivity contribution < 1.29 is 13.7 Å². The number of hydrogen-bond donors (Lipinski definition) is 2. The number of ether oxygens (including phenoxy) is 1. The van der Waals surface area contributed by atoms with Crippen LogP contribution in [-0.4, -0.2) is 61.5 Å². The van der Waals surface area contributed by atoms with Crippen molar-refractivity contribution in [2.45, 2.75) is 39.3 Å². The zero-order chi connectivity index (χ0) is 29.8. The van der Waals surface area contributed by atoms with Gasteiger partial charge in [0.05, 0.1) is 0 Å². The average molecular weight is 573 g/mol. The zero-order valence-electron chi connectivity index (χ0n) is 24.1. The fraction of sp³-hybridized carbons (Fsp3) is 0.300. The van der Waals surface area contributed by atoms with E-state index in [2.05, 4.69) is 30.5 Å². The molecule has 2 unspecified atom stereocenters. The van der Waals surface area contributed by atoms with E-state index in [1.807, 2.05) is 57.1 Å². The van der Waals surface area contributed by atoms with Gasteiger partial charge in [-0.15, -0.1) is 5.10 Å². The highest BCUT2D eigenvalue weighted by Crippen LogP contribution is 2.33. The Morgan fingerprint density at radius 1 is 1.17 bits per heavy atom. The fourth-order valence-electron chi connectivity index (χ4n) is 4.64. The lowest BCUT2D eigenvalue weighted by molar-refractivity contribution is 0.170. The molecule has 5 aromatic rings. The number of aromatic nitrogens is 6. The predicted octanol–water partition coefficient (Wildman–Crippen LogP) is 4.55. The Morgan fingerprint density at radius 2 is 1.95 bits per heavy atom. The molecule has 0 radical (unpaired) electrons. The lowest BCUT2D eigenvalue weighted by Gasteiger charge is -2.23. The minimum Gasteiger partial charge on any atom is -0.486 e. The molecular weight excluding hydrogens is 539 g/mol. The highest BCUT2D eigenvalue weighted by atomic mass is 19.1. The number of hydrogen-bond acceptors (Lipinski definition) is 9. The first-order chi connectivity index (χ1) is 20.2. The standard InChI is InChI=1S/C30H33FN8O3/c1-6-20-15-23(26(31)24(16-20)41-18(2)17-38(4)5)27(29-35-30(40)39(36-29)25-9-7-8-14-32-25)34-22-12-10-21(11-13-22)28-33-19(3)42-37-28/h7-16,18,27,34H,6,17H2,1-5H3,(H,35,36,40). The van der Waals surface area contributed by atoms with Gasteiger partial charge in [-0.05, 0) is 75.5 Å². The summed E-state index contributed by atoms with van der Waals surface area (Å²) in [6.45, 7) is 6.22. The first kappa shape index (κ1) is 28.7. The minimum atomic E-state index is -0.876. The summed E-state index contributed by atoms with van der Waals surface area (Å²) in [5.41, 5.74) is 2.07. The molecule has 0 bridgehead atoms. The number of nitrogens with zero attached hydrogens (tertiary/aromatic N) is 6. The molecule has 2 atom stereocenters. The number of aromatic amines is 1. The van der Waals surface area contributed by atoms with Crippen LogP contribution in [0, 0.1) is 12.7 Å². The van der Waals surface area contributed by atoms with Gasteiger partial charge in [0.1, 0.15) is 12.1 Å². The lowest BCUT2D eigenvalue weighted by atomic mass is 10.00. The number of benzene rings is 2. The Balaban J connectivity index is 1.58. The predicted molar refractivity (Wildman–Crippen MR) is 156 cm³/mol. The average Bonchev–Trinajstić information content (AvgIpc) is 3.58. The molecule has 0 spiro atoms. The van der Waals surface area contributed by atoms with Crippen LogP contribution in [0.3, 0.4) is 0 Å². The summed E-state index contributed by atoms with van der Waals surface area (Å²) in [5.74, 6) is 1.08. The van der Waals surface area contributed by atoms with E-state index in [1.165, 1.54) is 0 Å². The fourth-order valence-corrected chi connectivity index (χ4v) is 4.64. The van der Waals surface area contributed by atoms with Crippen LogP contribution >= 0.6 is 0 Å². The van der Waals surface area contributed by atoms with E-state index in [-0.39, 0.29) is 23.2 Å². The number of aryl methyl sites for hydroxylation is 2. The molecule has 12 heteroatoms. The number of rotatable bonds is 11. The molecule has 0 aliphatic rings. The van der Waals surface area contributed by atoms with Crippen LogP contribution < -0.4 is 15.7 Å². The Bertz CT molecular complexity index is 1700. The topological polar surface area (TPSA) is 127 Å². The molecule has 3 aromatic heterocycles. The van der Waals surface area contributed by atoms with Gasteiger partial charge in [0.2, 0.25) is 11.7 Å². The van der Waals surface area contributed by atoms with E-state index < -0.39 is 17.5 Å². The third-order valence-corrected chi connectivity index (χ3v) is 6.55. The maximum Gasteiger partial charge on any atom is 0.349 e. The van der Waals surface area contributed by atoms with Gasteiger partial charge in [0.25, 0.3) is 0 Å². The van der Waals surface area contributed by atoms with Crippen molar-refractivity contribution in [2.24, 2.45) is 0 Å². The first-order valence-electron chi connectivity index (χ1n) is 13.6.